The van der Waals surface area contributed by atoms with E-state index in [2.05, 4.69) is 10.3 Å². The Morgan fingerprint density at radius 2 is 2.29 bits per heavy atom. The lowest BCUT2D eigenvalue weighted by molar-refractivity contribution is -0.123. The van der Waals surface area contributed by atoms with Crippen molar-refractivity contribution in [2.45, 2.75) is 18.9 Å². The number of aromatic nitrogens is 1. The van der Waals surface area contributed by atoms with Gasteiger partial charge in [-0.05, 0) is 18.9 Å². The Bertz CT molecular complexity index is 443. The van der Waals surface area contributed by atoms with Gasteiger partial charge in [-0.2, -0.15) is 0 Å². The fourth-order valence-electron chi connectivity index (χ4n) is 1.31. The van der Waals surface area contributed by atoms with Crippen molar-refractivity contribution in [2.24, 2.45) is 0 Å². The van der Waals surface area contributed by atoms with Gasteiger partial charge in [0.2, 0.25) is 0 Å². The summed E-state index contributed by atoms with van der Waals surface area (Å²) in [6.07, 6.45) is 4.65. The second-order valence-corrected chi connectivity index (χ2v) is 3.81. The third-order valence-corrected chi connectivity index (χ3v) is 2.32. The predicted octanol–water partition coefficient (Wildman–Crippen LogP) is 0.437. The van der Waals surface area contributed by atoms with Crippen LogP contribution in [0.2, 0.25) is 0 Å². The zero-order valence-corrected chi connectivity index (χ0v) is 9.05. The van der Waals surface area contributed by atoms with Crippen molar-refractivity contribution < 1.29 is 19.4 Å². The monoisotopic (exact) mass is 236 g/mol. The highest BCUT2D eigenvalue weighted by Gasteiger charge is 2.23. The fraction of sp³-hybridized carbons (Fsp3) is 0.364. The minimum atomic E-state index is -1.11. The van der Waals surface area contributed by atoms with Crippen molar-refractivity contribution in [3.05, 3.63) is 24.0 Å². The number of nitrogens with one attached hydrogen (secondary N) is 1. The van der Waals surface area contributed by atoms with Gasteiger partial charge in [0.15, 0.2) is 12.4 Å². The Balaban J connectivity index is 1.93. The van der Waals surface area contributed by atoms with E-state index in [0.717, 1.165) is 12.8 Å². The van der Waals surface area contributed by atoms with Crippen molar-refractivity contribution in [3.63, 3.8) is 0 Å². The summed E-state index contributed by atoms with van der Waals surface area (Å²) in [7, 11) is 0. The highest BCUT2D eigenvalue weighted by Crippen LogP contribution is 2.19. The van der Waals surface area contributed by atoms with Crippen molar-refractivity contribution in [3.8, 4) is 5.75 Å². The first-order chi connectivity index (χ1) is 8.16. The molecule has 6 nitrogen and oxygen atoms in total. The summed E-state index contributed by atoms with van der Waals surface area (Å²) in [5.74, 6) is -1.25. The molecule has 1 fully saturated rings. The average molecular weight is 236 g/mol. The van der Waals surface area contributed by atoms with E-state index < -0.39 is 5.97 Å². The van der Waals surface area contributed by atoms with Crippen LogP contribution in [0.5, 0.6) is 5.75 Å². The quantitative estimate of drug-likeness (QED) is 0.774. The topological polar surface area (TPSA) is 88.5 Å². The number of carboxylic acids is 1. The standard InChI is InChI=1S/C11H12N2O4/c14-10(13-7-1-2-7)6-17-9-5-12-4-3-8(9)11(15)16/h3-5,7H,1-2,6H2,(H,13,14)(H,15,16). The van der Waals surface area contributed by atoms with Crippen LogP contribution in [0.15, 0.2) is 18.5 Å². The van der Waals surface area contributed by atoms with E-state index in [1.807, 2.05) is 0 Å². The van der Waals surface area contributed by atoms with Crippen LogP contribution in [-0.2, 0) is 4.79 Å². The highest BCUT2D eigenvalue weighted by molar-refractivity contribution is 5.90. The summed E-state index contributed by atoms with van der Waals surface area (Å²) in [6.45, 7) is -0.192. The first-order valence-corrected chi connectivity index (χ1v) is 5.26. The molecule has 17 heavy (non-hydrogen) atoms. The van der Waals surface area contributed by atoms with E-state index in [1.54, 1.807) is 0 Å². The second kappa shape index (κ2) is 4.82. The van der Waals surface area contributed by atoms with Gasteiger partial charge in [-0.25, -0.2) is 4.79 Å². The van der Waals surface area contributed by atoms with E-state index in [4.69, 9.17) is 9.84 Å². The summed E-state index contributed by atoms with van der Waals surface area (Å²) < 4.78 is 5.13. The van der Waals surface area contributed by atoms with Gasteiger partial charge >= 0.3 is 5.97 Å². The van der Waals surface area contributed by atoms with E-state index in [-0.39, 0.29) is 29.9 Å². The smallest absolute Gasteiger partial charge is 0.339 e. The zero-order chi connectivity index (χ0) is 12.3. The average Bonchev–Trinajstić information content (AvgIpc) is 3.10. The molecule has 0 radical (unpaired) electrons. The van der Waals surface area contributed by atoms with Gasteiger partial charge in [-0.3, -0.25) is 9.78 Å². The molecule has 0 spiro atoms. The van der Waals surface area contributed by atoms with Gasteiger partial charge in [0, 0.05) is 12.2 Å². The molecular weight excluding hydrogens is 224 g/mol. The Morgan fingerprint density at radius 3 is 2.94 bits per heavy atom. The lowest BCUT2D eigenvalue weighted by Crippen LogP contribution is -2.30. The Labute approximate surface area is 97.6 Å². The lowest BCUT2D eigenvalue weighted by atomic mass is 10.2. The number of carbonyl (C=O) groups is 2. The minimum absolute atomic E-state index is 0.000720. The molecule has 1 saturated carbocycles. The normalized spacial score (nSPS) is 14.1. The number of carboxylic acid groups (broad SMARTS) is 1. The summed E-state index contributed by atoms with van der Waals surface area (Å²) >= 11 is 0. The molecule has 0 bridgehead atoms. The first-order valence-electron chi connectivity index (χ1n) is 5.26. The number of aromatic carboxylic acids is 1. The highest BCUT2D eigenvalue weighted by atomic mass is 16.5. The molecule has 0 unspecified atom stereocenters. The molecular formula is C11H12N2O4. The van der Waals surface area contributed by atoms with Gasteiger partial charge in [0.05, 0.1) is 6.20 Å². The third-order valence-electron chi connectivity index (χ3n) is 2.32. The molecule has 2 N–H and O–H groups in total. The van der Waals surface area contributed by atoms with Crippen LogP contribution in [0, 0.1) is 0 Å². The van der Waals surface area contributed by atoms with Crippen molar-refractivity contribution >= 4 is 11.9 Å². The minimum Gasteiger partial charge on any atom is -0.481 e. The van der Waals surface area contributed by atoms with Gasteiger partial charge < -0.3 is 15.2 Å². The van der Waals surface area contributed by atoms with Crippen molar-refractivity contribution in [1.29, 1.82) is 0 Å². The van der Waals surface area contributed by atoms with Gasteiger partial charge in [-0.1, -0.05) is 0 Å². The number of hydrogen-bond donors (Lipinski definition) is 2. The molecule has 0 atom stereocenters. The lowest BCUT2D eigenvalue weighted by Gasteiger charge is -2.08. The molecule has 90 valence electrons. The van der Waals surface area contributed by atoms with Crippen molar-refractivity contribution in [1.82, 2.24) is 10.3 Å². The van der Waals surface area contributed by atoms with Crippen molar-refractivity contribution in [2.75, 3.05) is 6.61 Å². The maximum Gasteiger partial charge on any atom is 0.339 e. The molecule has 2 rings (SSSR count). The first kappa shape index (κ1) is 11.4. The number of pyridine rings is 1. The molecule has 1 aromatic heterocycles. The van der Waals surface area contributed by atoms with Crippen LogP contribution in [0.3, 0.4) is 0 Å². The Kier molecular flexibility index (Phi) is 3.22. The number of ether oxygens (including phenoxy) is 1. The van der Waals surface area contributed by atoms with Crippen LogP contribution < -0.4 is 10.1 Å². The molecule has 1 heterocycles. The van der Waals surface area contributed by atoms with Crippen LogP contribution in [-0.4, -0.2) is 34.6 Å². The molecule has 1 aliphatic carbocycles. The van der Waals surface area contributed by atoms with Crippen LogP contribution >= 0.6 is 0 Å². The van der Waals surface area contributed by atoms with Gasteiger partial charge in [-0.15, -0.1) is 0 Å². The third kappa shape index (κ3) is 3.17. The molecule has 0 aliphatic heterocycles. The van der Waals surface area contributed by atoms with E-state index in [1.165, 1.54) is 18.5 Å². The SMILES string of the molecule is O=C(COc1cnccc1C(=O)O)NC1CC1. The second-order valence-electron chi connectivity index (χ2n) is 3.81. The fourth-order valence-corrected chi connectivity index (χ4v) is 1.31. The molecule has 1 aromatic rings. The number of rotatable bonds is 5. The predicted molar refractivity (Wildman–Crippen MR) is 57.9 cm³/mol. The van der Waals surface area contributed by atoms with Crippen LogP contribution in [0.1, 0.15) is 23.2 Å². The Morgan fingerprint density at radius 1 is 1.53 bits per heavy atom. The molecule has 1 aliphatic rings. The maximum atomic E-state index is 11.3. The van der Waals surface area contributed by atoms with E-state index in [0.29, 0.717) is 0 Å². The summed E-state index contributed by atoms with van der Waals surface area (Å²) in [4.78, 5) is 25.9. The van der Waals surface area contributed by atoms with Gasteiger partial charge in [0.1, 0.15) is 5.56 Å². The zero-order valence-electron chi connectivity index (χ0n) is 9.05. The summed E-state index contributed by atoms with van der Waals surface area (Å²) in [6, 6.07) is 1.59. The van der Waals surface area contributed by atoms with Crippen LogP contribution in [0.4, 0.5) is 0 Å². The number of nitrogens with zero attached hydrogens (tertiary/aromatic N) is 1. The van der Waals surface area contributed by atoms with E-state index >= 15 is 0 Å². The molecule has 0 aromatic carbocycles. The summed E-state index contributed by atoms with van der Waals surface area (Å²) in [5.41, 5.74) is -0.000720. The number of amides is 1. The van der Waals surface area contributed by atoms with E-state index in [9.17, 15) is 9.59 Å². The summed E-state index contributed by atoms with van der Waals surface area (Å²) in [5, 5.41) is 11.6. The molecule has 1 amide bonds. The molecule has 0 saturated heterocycles. The molecule has 6 heteroatoms. The maximum absolute atomic E-state index is 11.3. The number of hydrogen-bond acceptors (Lipinski definition) is 4. The number of carbonyl (C=O) groups excluding carboxylic acids is 1. The Hall–Kier alpha value is -2.11. The van der Waals surface area contributed by atoms with Crippen LogP contribution in [0.25, 0.3) is 0 Å². The van der Waals surface area contributed by atoms with Gasteiger partial charge in [0.25, 0.3) is 5.91 Å². The largest absolute Gasteiger partial charge is 0.481 e.